The van der Waals surface area contributed by atoms with E-state index in [9.17, 15) is 13.2 Å². The van der Waals surface area contributed by atoms with E-state index in [4.69, 9.17) is 0 Å². The molecule has 0 atom stereocenters. The van der Waals surface area contributed by atoms with Crippen molar-refractivity contribution in [2.75, 3.05) is 29.9 Å². The second-order valence-corrected chi connectivity index (χ2v) is 5.85. The Kier molecular flexibility index (Phi) is 3.48. The molecule has 0 bridgehead atoms. The van der Waals surface area contributed by atoms with Gasteiger partial charge in [0.15, 0.2) is 5.65 Å². The van der Waals surface area contributed by atoms with Gasteiger partial charge in [-0.2, -0.15) is 13.2 Å². The summed E-state index contributed by atoms with van der Waals surface area (Å²) < 4.78 is 40.0. The molecule has 1 aliphatic rings. The SMILES string of the molecule is CN(c1cc(C(F)(F)F)ncn1)C1CN(c2ccc3nccn3n2)C1. The molecule has 7 nitrogen and oxygen atoms in total. The fourth-order valence-electron chi connectivity index (χ4n) is 2.74. The van der Waals surface area contributed by atoms with Crippen molar-refractivity contribution in [3.8, 4) is 0 Å². The molecule has 0 unspecified atom stereocenters. The van der Waals surface area contributed by atoms with E-state index >= 15 is 0 Å². The smallest absolute Gasteiger partial charge is 0.353 e. The van der Waals surface area contributed by atoms with Crippen LogP contribution in [0.25, 0.3) is 5.65 Å². The number of fused-ring (bicyclic) bond motifs is 1. The highest BCUT2D eigenvalue weighted by molar-refractivity contribution is 5.50. The number of likely N-dealkylation sites (N-methyl/N-ethyl adjacent to an activating group) is 1. The van der Waals surface area contributed by atoms with Crippen LogP contribution < -0.4 is 9.80 Å². The summed E-state index contributed by atoms with van der Waals surface area (Å²) in [7, 11) is 1.73. The van der Waals surface area contributed by atoms with E-state index < -0.39 is 11.9 Å². The number of anilines is 2. The minimum Gasteiger partial charge on any atom is -0.353 e. The van der Waals surface area contributed by atoms with Gasteiger partial charge in [-0.15, -0.1) is 5.10 Å². The van der Waals surface area contributed by atoms with Gasteiger partial charge in [-0.05, 0) is 12.1 Å². The monoisotopic (exact) mass is 349 g/mol. The lowest BCUT2D eigenvalue weighted by molar-refractivity contribution is -0.141. The van der Waals surface area contributed by atoms with Gasteiger partial charge in [-0.25, -0.2) is 19.5 Å². The molecule has 0 spiro atoms. The number of aromatic nitrogens is 5. The Morgan fingerprint density at radius 2 is 1.96 bits per heavy atom. The quantitative estimate of drug-likeness (QED) is 0.719. The minimum atomic E-state index is -4.48. The zero-order valence-corrected chi connectivity index (χ0v) is 13.2. The van der Waals surface area contributed by atoms with Crippen LogP contribution >= 0.6 is 0 Å². The molecule has 1 fully saturated rings. The summed E-state index contributed by atoms with van der Waals surface area (Å²) in [6.07, 6.45) is -0.0954. The number of halogens is 3. The fraction of sp³-hybridized carbons (Fsp3) is 0.333. The molecule has 10 heteroatoms. The molecule has 0 radical (unpaired) electrons. The Morgan fingerprint density at radius 1 is 1.16 bits per heavy atom. The predicted molar refractivity (Wildman–Crippen MR) is 84.4 cm³/mol. The summed E-state index contributed by atoms with van der Waals surface area (Å²) in [4.78, 5) is 15.2. The van der Waals surface area contributed by atoms with Gasteiger partial charge in [-0.1, -0.05) is 0 Å². The molecule has 1 saturated heterocycles. The van der Waals surface area contributed by atoms with Crippen LogP contribution in [0.4, 0.5) is 24.8 Å². The lowest BCUT2D eigenvalue weighted by Crippen LogP contribution is -2.59. The molecule has 130 valence electrons. The number of hydrogen-bond donors (Lipinski definition) is 0. The van der Waals surface area contributed by atoms with Gasteiger partial charge in [0, 0.05) is 38.6 Å². The number of alkyl halides is 3. The molecular formula is C15H14F3N7. The normalized spacial score (nSPS) is 15.4. The molecule has 0 aliphatic carbocycles. The summed E-state index contributed by atoms with van der Waals surface area (Å²) in [5, 5.41) is 4.46. The van der Waals surface area contributed by atoms with Crippen LogP contribution in [0.5, 0.6) is 0 Å². The molecule has 0 amide bonds. The van der Waals surface area contributed by atoms with Gasteiger partial charge in [-0.3, -0.25) is 0 Å². The molecule has 0 aromatic carbocycles. The van der Waals surface area contributed by atoms with E-state index in [0.717, 1.165) is 23.9 Å². The van der Waals surface area contributed by atoms with Crippen LogP contribution in [0.15, 0.2) is 36.9 Å². The maximum absolute atomic E-state index is 12.8. The molecule has 0 saturated carbocycles. The van der Waals surface area contributed by atoms with Gasteiger partial charge in [0.1, 0.15) is 23.7 Å². The summed E-state index contributed by atoms with van der Waals surface area (Å²) in [5.41, 5.74) is -0.175. The standard InChI is InChI=1S/C15H14F3N7/c1-23(14-6-11(15(16,17)18)20-9-21-14)10-7-24(8-10)13-3-2-12-19-4-5-25(12)22-13/h2-6,9-10H,7-8H2,1H3. The first-order chi connectivity index (χ1) is 11.9. The third-order valence-corrected chi connectivity index (χ3v) is 4.28. The lowest BCUT2D eigenvalue weighted by atomic mass is 10.1. The van der Waals surface area contributed by atoms with Gasteiger partial charge >= 0.3 is 6.18 Å². The molecule has 3 aromatic rings. The van der Waals surface area contributed by atoms with E-state index in [-0.39, 0.29) is 11.9 Å². The summed E-state index contributed by atoms with van der Waals surface area (Å²) >= 11 is 0. The molecular weight excluding hydrogens is 335 g/mol. The lowest BCUT2D eigenvalue weighted by Gasteiger charge is -2.44. The Balaban J connectivity index is 1.46. The average Bonchev–Trinajstić information content (AvgIpc) is 3.00. The first kappa shape index (κ1) is 15.6. The highest BCUT2D eigenvalue weighted by Gasteiger charge is 2.35. The molecule has 0 N–H and O–H groups in total. The maximum Gasteiger partial charge on any atom is 0.433 e. The Bertz CT molecular complexity index is 901. The molecule has 4 heterocycles. The first-order valence-electron chi connectivity index (χ1n) is 7.59. The Morgan fingerprint density at radius 3 is 2.72 bits per heavy atom. The zero-order valence-electron chi connectivity index (χ0n) is 13.2. The second-order valence-electron chi connectivity index (χ2n) is 5.85. The number of hydrogen-bond acceptors (Lipinski definition) is 6. The summed E-state index contributed by atoms with van der Waals surface area (Å²) in [5.74, 6) is 1.05. The Hall–Kier alpha value is -2.91. The van der Waals surface area contributed by atoms with Crippen LogP contribution in [0.1, 0.15) is 5.69 Å². The topological polar surface area (TPSA) is 62.5 Å². The van der Waals surface area contributed by atoms with E-state index in [1.54, 1.807) is 28.9 Å². The van der Waals surface area contributed by atoms with E-state index in [1.165, 1.54) is 0 Å². The maximum atomic E-state index is 12.8. The molecule has 1 aliphatic heterocycles. The van der Waals surface area contributed by atoms with Gasteiger partial charge < -0.3 is 9.80 Å². The van der Waals surface area contributed by atoms with E-state index in [1.807, 2.05) is 17.0 Å². The van der Waals surface area contributed by atoms with Crippen LogP contribution in [-0.4, -0.2) is 50.7 Å². The highest BCUT2D eigenvalue weighted by atomic mass is 19.4. The van der Waals surface area contributed by atoms with E-state index in [2.05, 4.69) is 20.1 Å². The van der Waals surface area contributed by atoms with Gasteiger partial charge in [0.05, 0.1) is 6.04 Å². The van der Waals surface area contributed by atoms with Crippen LogP contribution in [0.2, 0.25) is 0 Å². The number of nitrogens with zero attached hydrogens (tertiary/aromatic N) is 7. The molecule has 4 rings (SSSR count). The largest absolute Gasteiger partial charge is 0.433 e. The number of imidazole rings is 1. The van der Waals surface area contributed by atoms with Crippen molar-refractivity contribution < 1.29 is 13.2 Å². The zero-order chi connectivity index (χ0) is 17.6. The highest BCUT2D eigenvalue weighted by Crippen LogP contribution is 2.30. The molecule has 25 heavy (non-hydrogen) atoms. The summed E-state index contributed by atoms with van der Waals surface area (Å²) in [6.45, 7) is 1.30. The molecule has 3 aromatic heterocycles. The average molecular weight is 349 g/mol. The van der Waals surface area contributed by atoms with Crippen molar-refractivity contribution in [1.29, 1.82) is 0 Å². The first-order valence-corrected chi connectivity index (χ1v) is 7.59. The van der Waals surface area contributed by atoms with Gasteiger partial charge in [0.25, 0.3) is 0 Å². The third kappa shape index (κ3) is 2.83. The predicted octanol–water partition coefficient (Wildman–Crippen LogP) is 1.86. The summed E-state index contributed by atoms with van der Waals surface area (Å²) in [6, 6.07) is 4.78. The van der Waals surface area contributed by atoms with Gasteiger partial charge in [0.2, 0.25) is 0 Å². The van der Waals surface area contributed by atoms with Crippen LogP contribution in [0, 0.1) is 0 Å². The van der Waals surface area contributed by atoms with Crippen LogP contribution in [0.3, 0.4) is 0 Å². The number of rotatable bonds is 3. The van der Waals surface area contributed by atoms with Crippen molar-refractivity contribution in [3.05, 3.63) is 42.6 Å². The second kappa shape index (κ2) is 5.57. The van der Waals surface area contributed by atoms with Crippen molar-refractivity contribution in [2.24, 2.45) is 0 Å². The minimum absolute atomic E-state index is 0.0521. The van der Waals surface area contributed by atoms with Crippen molar-refractivity contribution in [1.82, 2.24) is 24.6 Å². The van der Waals surface area contributed by atoms with E-state index in [0.29, 0.717) is 13.1 Å². The van der Waals surface area contributed by atoms with Crippen molar-refractivity contribution in [3.63, 3.8) is 0 Å². The van der Waals surface area contributed by atoms with Crippen molar-refractivity contribution >= 4 is 17.3 Å². The van der Waals surface area contributed by atoms with Crippen molar-refractivity contribution in [2.45, 2.75) is 12.2 Å². The fourth-order valence-corrected chi connectivity index (χ4v) is 2.74. The van der Waals surface area contributed by atoms with Crippen LogP contribution in [-0.2, 0) is 6.18 Å². The Labute approximate surface area is 140 Å². The third-order valence-electron chi connectivity index (χ3n) is 4.28.